The molecule has 2 aromatic carbocycles. The molecule has 1 atom stereocenters. The summed E-state index contributed by atoms with van der Waals surface area (Å²) in [6.07, 6.45) is 1.92. The van der Waals surface area contributed by atoms with Crippen molar-refractivity contribution in [1.82, 2.24) is 0 Å². The zero-order chi connectivity index (χ0) is 14.9. The van der Waals surface area contributed by atoms with Crippen LogP contribution in [0.5, 0.6) is 0 Å². The number of carboxylic acids is 1. The zero-order valence-electron chi connectivity index (χ0n) is 12.1. The lowest BCUT2D eigenvalue weighted by Gasteiger charge is -2.36. The number of benzene rings is 2. The summed E-state index contributed by atoms with van der Waals surface area (Å²) < 4.78 is 0. The van der Waals surface area contributed by atoms with E-state index in [0.717, 1.165) is 23.2 Å². The lowest BCUT2D eigenvalue weighted by Crippen LogP contribution is -2.50. The Morgan fingerprint density at radius 3 is 2.62 bits per heavy atom. The van der Waals surface area contributed by atoms with Crippen LogP contribution >= 0.6 is 0 Å². The number of carbonyl (C=O) groups is 1. The fourth-order valence-corrected chi connectivity index (χ4v) is 3.08. The largest absolute Gasteiger partial charge is 0.479 e. The zero-order valence-corrected chi connectivity index (χ0v) is 12.1. The van der Waals surface area contributed by atoms with Crippen molar-refractivity contribution in [3.8, 4) is 0 Å². The van der Waals surface area contributed by atoms with E-state index in [1.54, 1.807) is 0 Å². The molecule has 108 valence electrons. The summed E-state index contributed by atoms with van der Waals surface area (Å²) in [5.41, 5.74) is 3.47. The van der Waals surface area contributed by atoms with Crippen LogP contribution in [0.2, 0.25) is 0 Å². The SMILES string of the molecule is Cc1cccc(NC2(C(=O)O)CCc3ccccc3C2)c1. The van der Waals surface area contributed by atoms with Gasteiger partial charge in [-0.1, -0.05) is 36.4 Å². The second kappa shape index (κ2) is 5.24. The summed E-state index contributed by atoms with van der Waals surface area (Å²) in [5.74, 6) is -0.779. The molecule has 0 saturated heterocycles. The van der Waals surface area contributed by atoms with Gasteiger partial charge in [0.25, 0.3) is 0 Å². The van der Waals surface area contributed by atoms with Crippen molar-refractivity contribution in [1.29, 1.82) is 0 Å². The number of aryl methyl sites for hydroxylation is 2. The minimum atomic E-state index is -0.915. The molecule has 1 unspecified atom stereocenters. The minimum Gasteiger partial charge on any atom is -0.479 e. The van der Waals surface area contributed by atoms with E-state index in [-0.39, 0.29) is 0 Å². The van der Waals surface area contributed by atoms with Crippen LogP contribution < -0.4 is 5.32 Å². The number of nitrogens with one attached hydrogen (secondary N) is 1. The maximum absolute atomic E-state index is 11.9. The molecule has 0 bridgehead atoms. The van der Waals surface area contributed by atoms with E-state index in [9.17, 15) is 9.90 Å². The normalized spacial score (nSPS) is 20.6. The molecule has 0 spiro atoms. The first-order valence-electron chi connectivity index (χ1n) is 7.24. The number of hydrogen-bond acceptors (Lipinski definition) is 2. The second-order valence-electron chi connectivity index (χ2n) is 5.83. The summed E-state index contributed by atoms with van der Waals surface area (Å²) >= 11 is 0. The average Bonchev–Trinajstić information content (AvgIpc) is 2.47. The summed E-state index contributed by atoms with van der Waals surface area (Å²) in [6.45, 7) is 2.01. The van der Waals surface area contributed by atoms with Gasteiger partial charge in [-0.2, -0.15) is 0 Å². The number of hydrogen-bond donors (Lipinski definition) is 2. The van der Waals surface area contributed by atoms with Gasteiger partial charge < -0.3 is 10.4 Å². The Labute approximate surface area is 124 Å². The van der Waals surface area contributed by atoms with E-state index in [0.29, 0.717) is 12.8 Å². The third-order valence-corrected chi connectivity index (χ3v) is 4.24. The number of fused-ring (bicyclic) bond motifs is 1. The molecule has 0 fully saturated rings. The monoisotopic (exact) mass is 281 g/mol. The van der Waals surface area contributed by atoms with E-state index < -0.39 is 11.5 Å². The highest BCUT2D eigenvalue weighted by Gasteiger charge is 2.41. The van der Waals surface area contributed by atoms with Crippen molar-refractivity contribution < 1.29 is 9.90 Å². The van der Waals surface area contributed by atoms with Gasteiger partial charge >= 0.3 is 5.97 Å². The average molecular weight is 281 g/mol. The highest BCUT2D eigenvalue weighted by molar-refractivity contribution is 5.84. The molecule has 0 amide bonds. The van der Waals surface area contributed by atoms with Crippen molar-refractivity contribution in [2.24, 2.45) is 0 Å². The number of anilines is 1. The number of rotatable bonds is 3. The summed E-state index contributed by atoms with van der Waals surface area (Å²) in [5, 5.41) is 13.1. The van der Waals surface area contributed by atoms with Crippen LogP contribution in [-0.4, -0.2) is 16.6 Å². The Morgan fingerprint density at radius 2 is 1.90 bits per heavy atom. The van der Waals surface area contributed by atoms with Gasteiger partial charge in [0.15, 0.2) is 0 Å². The van der Waals surface area contributed by atoms with Crippen molar-refractivity contribution >= 4 is 11.7 Å². The van der Waals surface area contributed by atoms with Crippen LogP contribution in [0.15, 0.2) is 48.5 Å². The van der Waals surface area contributed by atoms with E-state index in [4.69, 9.17) is 0 Å². The molecular formula is C18H19NO2. The molecule has 0 heterocycles. The van der Waals surface area contributed by atoms with Crippen molar-refractivity contribution in [2.75, 3.05) is 5.32 Å². The van der Waals surface area contributed by atoms with Crippen LogP contribution in [-0.2, 0) is 17.6 Å². The summed E-state index contributed by atoms with van der Waals surface area (Å²) in [7, 11) is 0. The minimum absolute atomic E-state index is 0.520. The van der Waals surface area contributed by atoms with Gasteiger partial charge in [0.2, 0.25) is 0 Å². The Hall–Kier alpha value is -2.29. The van der Waals surface area contributed by atoms with E-state index in [1.165, 1.54) is 5.56 Å². The standard InChI is InChI=1S/C18H19NO2/c1-13-5-4-8-16(11-13)19-18(17(20)21)10-9-14-6-2-3-7-15(14)12-18/h2-8,11,19H,9-10,12H2,1H3,(H,20,21). The smallest absolute Gasteiger partial charge is 0.329 e. The van der Waals surface area contributed by atoms with Gasteiger partial charge in [-0.05, 0) is 48.6 Å². The molecule has 0 radical (unpaired) electrons. The fraction of sp³-hybridized carbons (Fsp3) is 0.278. The maximum Gasteiger partial charge on any atom is 0.329 e. The third kappa shape index (κ3) is 2.64. The first kappa shape index (κ1) is 13.7. The molecule has 1 aliphatic carbocycles. The van der Waals surface area contributed by atoms with Gasteiger partial charge in [-0.15, -0.1) is 0 Å². The molecule has 21 heavy (non-hydrogen) atoms. The lowest BCUT2D eigenvalue weighted by atomic mass is 9.77. The molecule has 3 heteroatoms. The number of carboxylic acid groups (broad SMARTS) is 1. The highest BCUT2D eigenvalue weighted by Crippen LogP contribution is 2.32. The van der Waals surface area contributed by atoms with Crippen molar-refractivity contribution in [3.63, 3.8) is 0 Å². The second-order valence-corrected chi connectivity index (χ2v) is 5.83. The van der Waals surface area contributed by atoms with E-state index >= 15 is 0 Å². The molecule has 2 aromatic rings. The third-order valence-electron chi connectivity index (χ3n) is 4.24. The van der Waals surface area contributed by atoms with Crippen molar-refractivity contribution in [3.05, 3.63) is 65.2 Å². The van der Waals surface area contributed by atoms with Crippen LogP contribution in [0.3, 0.4) is 0 Å². The lowest BCUT2D eigenvalue weighted by molar-refractivity contribution is -0.142. The van der Waals surface area contributed by atoms with Gasteiger partial charge in [-0.25, -0.2) is 4.79 Å². The molecule has 0 saturated carbocycles. The fourth-order valence-electron chi connectivity index (χ4n) is 3.08. The first-order chi connectivity index (χ1) is 10.1. The van der Waals surface area contributed by atoms with E-state index in [2.05, 4.69) is 11.4 Å². The van der Waals surface area contributed by atoms with Crippen LogP contribution in [0.4, 0.5) is 5.69 Å². The predicted molar refractivity (Wildman–Crippen MR) is 83.6 cm³/mol. The van der Waals surface area contributed by atoms with Crippen molar-refractivity contribution in [2.45, 2.75) is 31.7 Å². The number of aliphatic carboxylic acids is 1. The topological polar surface area (TPSA) is 49.3 Å². The maximum atomic E-state index is 11.9. The predicted octanol–water partition coefficient (Wildman–Crippen LogP) is 3.42. The molecule has 2 N–H and O–H groups in total. The molecule has 3 nitrogen and oxygen atoms in total. The highest BCUT2D eigenvalue weighted by atomic mass is 16.4. The van der Waals surface area contributed by atoms with Crippen LogP contribution in [0.1, 0.15) is 23.1 Å². The molecular weight excluding hydrogens is 262 g/mol. The van der Waals surface area contributed by atoms with E-state index in [1.807, 2.05) is 49.4 Å². The quantitative estimate of drug-likeness (QED) is 0.906. The Bertz CT molecular complexity index is 680. The Morgan fingerprint density at radius 1 is 1.14 bits per heavy atom. The van der Waals surface area contributed by atoms with Gasteiger partial charge in [0.05, 0.1) is 0 Å². The molecule has 0 aliphatic heterocycles. The van der Waals surface area contributed by atoms with Crippen LogP contribution in [0.25, 0.3) is 0 Å². The Balaban J connectivity index is 1.93. The van der Waals surface area contributed by atoms with Gasteiger partial charge in [0.1, 0.15) is 5.54 Å². The molecule has 1 aliphatic rings. The Kier molecular flexibility index (Phi) is 3.42. The molecule has 3 rings (SSSR count). The van der Waals surface area contributed by atoms with Gasteiger partial charge in [-0.3, -0.25) is 0 Å². The summed E-state index contributed by atoms with van der Waals surface area (Å²) in [4.78, 5) is 11.9. The summed E-state index contributed by atoms with van der Waals surface area (Å²) in [6, 6.07) is 16.0. The molecule has 0 aromatic heterocycles. The van der Waals surface area contributed by atoms with Crippen LogP contribution in [0, 0.1) is 6.92 Å². The first-order valence-corrected chi connectivity index (χ1v) is 7.24. The van der Waals surface area contributed by atoms with Gasteiger partial charge in [0, 0.05) is 12.1 Å².